The van der Waals surface area contributed by atoms with Crippen molar-refractivity contribution >= 4 is 27.0 Å². The van der Waals surface area contributed by atoms with Crippen molar-refractivity contribution in [2.75, 3.05) is 0 Å². The number of oxazole rings is 1. The molecule has 2 aromatic heterocycles. The third kappa shape index (κ3) is 2.28. The molecule has 2 heterocycles. The van der Waals surface area contributed by atoms with Crippen LogP contribution in [0.2, 0.25) is 0 Å². The fourth-order valence-corrected chi connectivity index (χ4v) is 2.51. The molecule has 0 atom stereocenters. The maximum Gasteiger partial charge on any atom is 0.227 e. The molecule has 0 aliphatic carbocycles. The number of rotatable bonds is 2. The van der Waals surface area contributed by atoms with Gasteiger partial charge in [-0.2, -0.15) is 0 Å². The number of nitrogens with zero attached hydrogens (tertiary/aromatic N) is 2. The smallest absolute Gasteiger partial charge is 0.227 e. The van der Waals surface area contributed by atoms with Gasteiger partial charge in [-0.05, 0) is 51.7 Å². The summed E-state index contributed by atoms with van der Waals surface area (Å²) in [6.07, 6.45) is 3.47. The van der Waals surface area contributed by atoms with Gasteiger partial charge >= 0.3 is 0 Å². The van der Waals surface area contributed by atoms with Crippen LogP contribution in [0, 0.1) is 0 Å². The topological polar surface area (TPSA) is 38.9 Å². The average molecular weight is 317 g/mol. The van der Waals surface area contributed by atoms with E-state index in [2.05, 4.69) is 51.9 Å². The Morgan fingerprint density at radius 1 is 1.16 bits per heavy atom. The molecule has 0 aliphatic rings. The Kier molecular flexibility index (Phi) is 3.11. The summed E-state index contributed by atoms with van der Waals surface area (Å²) in [5.74, 6) is 1.08. The lowest BCUT2D eigenvalue weighted by Crippen LogP contribution is -1.87. The van der Waals surface area contributed by atoms with Gasteiger partial charge in [0.05, 0.1) is 4.47 Å². The van der Waals surface area contributed by atoms with Crippen LogP contribution >= 0.6 is 15.9 Å². The summed E-state index contributed by atoms with van der Waals surface area (Å²) < 4.78 is 6.78. The SMILES string of the molecule is CC(C)c1cc(Br)c2oc(-c3ccncc3)nc2c1. The summed E-state index contributed by atoms with van der Waals surface area (Å²) in [6, 6.07) is 7.96. The first-order chi connectivity index (χ1) is 9.15. The van der Waals surface area contributed by atoms with Crippen molar-refractivity contribution in [1.82, 2.24) is 9.97 Å². The highest BCUT2D eigenvalue weighted by atomic mass is 79.9. The maximum atomic E-state index is 5.83. The van der Waals surface area contributed by atoms with Crippen molar-refractivity contribution in [2.45, 2.75) is 19.8 Å². The molecule has 3 aromatic rings. The van der Waals surface area contributed by atoms with Gasteiger partial charge in [0.2, 0.25) is 5.89 Å². The second-order valence-electron chi connectivity index (χ2n) is 4.76. The van der Waals surface area contributed by atoms with Crippen LogP contribution in [-0.2, 0) is 0 Å². The second kappa shape index (κ2) is 4.78. The molecule has 0 unspecified atom stereocenters. The monoisotopic (exact) mass is 316 g/mol. The van der Waals surface area contributed by atoms with Crippen LogP contribution in [0.5, 0.6) is 0 Å². The summed E-state index contributed by atoms with van der Waals surface area (Å²) in [5.41, 5.74) is 3.85. The number of hydrogen-bond acceptors (Lipinski definition) is 3. The van der Waals surface area contributed by atoms with Crippen molar-refractivity contribution in [3.8, 4) is 11.5 Å². The van der Waals surface area contributed by atoms with Crippen LogP contribution < -0.4 is 0 Å². The van der Waals surface area contributed by atoms with Crippen LogP contribution in [0.25, 0.3) is 22.6 Å². The molecular formula is C15H13BrN2O. The zero-order valence-electron chi connectivity index (χ0n) is 10.7. The van der Waals surface area contributed by atoms with Gasteiger partial charge in [-0.25, -0.2) is 4.98 Å². The minimum Gasteiger partial charge on any atom is -0.435 e. The molecular weight excluding hydrogens is 304 g/mol. The fraction of sp³-hybridized carbons (Fsp3) is 0.200. The molecule has 19 heavy (non-hydrogen) atoms. The van der Waals surface area contributed by atoms with Crippen molar-refractivity contribution < 1.29 is 4.42 Å². The zero-order chi connectivity index (χ0) is 13.4. The highest BCUT2D eigenvalue weighted by molar-refractivity contribution is 9.10. The van der Waals surface area contributed by atoms with Crippen LogP contribution in [0.4, 0.5) is 0 Å². The molecule has 1 aromatic carbocycles. The third-order valence-electron chi connectivity index (χ3n) is 3.06. The van der Waals surface area contributed by atoms with E-state index in [1.54, 1.807) is 12.4 Å². The standard InChI is InChI=1S/C15H13BrN2O/c1-9(2)11-7-12(16)14-13(8-11)18-15(19-14)10-3-5-17-6-4-10/h3-9H,1-2H3. The molecule has 4 heteroatoms. The number of halogens is 1. The molecule has 0 saturated carbocycles. The predicted molar refractivity (Wildman–Crippen MR) is 79.0 cm³/mol. The minimum atomic E-state index is 0.460. The first kappa shape index (κ1) is 12.4. The summed E-state index contributed by atoms with van der Waals surface area (Å²) in [6.45, 7) is 4.33. The maximum absolute atomic E-state index is 5.83. The molecule has 0 bridgehead atoms. The molecule has 0 amide bonds. The highest BCUT2D eigenvalue weighted by Gasteiger charge is 2.13. The molecule has 0 N–H and O–H groups in total. The first-order valence-corrected chi connectivity index (χ1v) is 6.95. The van der Waals surface area contributed by atoms with Gasteiger partial charge in [0.15, 0.2) is 5.58 Å². The quantitative estimate of drug-likeness (QED) is 0.683. The van der Waals surface area contributed by atoms with E-state index in [9.17, 15) is 0 Å². The summed E-state index contributed by atoms with van der Waals surface area (Å²) >= 11 is 3.56. The highest BCUT2D eigenvalue weighted by Crippen LogP contribution is 2.32. The Balaban J connectivity index is 2.18. The van der Waals surface area contributed by atoms with E-state index in [1.165, 1.54) is 5.56 Å². The molecule has 3 nitrogen and oxygen atoms in total. The van der Waals surface area contributed by atoms with E-state index in [0.29, 0.717) is 11.8 Å². The van der Waals surface area contributed by atoms with E-state index in [4.69, 9.17) is 4.42 Å². The summed E-state index contributed by atoms with van der Waals surface area (Å²) in [4.78, 5) is 8.56. The van der Waals surface area contributed by atoms with Crippen molar-refractivity contribution in [3.05, 3.63) is 46.7 Å². The van der Waals surface area contributed by atoms with Crippen molar-refractivity contribution in [1.29, 1.82) is 0 Å². The lowest BCUT2D eigenvalue weighted by molar-refractivity contribution is 0.618. The molecule has 0 aliphatic heterocycles. The first-order valence-electron chi connectivity index (χ1n) is 6.15. The lowest BCUT2D eigenvalue weighted by atomic mass is 10.0. The van der Waals surface area contributed by atoms with Crippen molar-refractivity contribution in [3.63, 3.8) is 0 Å². The normalized spacial score (nSPS) is 11.4. The van der Waals surface area contributed by atoms with Crippen LogP contribution in [-0.4, -0.2) is 9.97 Å². The number of fused-ring (bicyclic) bond motifs is 1. The van der Waals surface area contributed by atoms with E-state index < -0.39 is 0 Å². The third-order valence-corrected chi connectivity index (χ3v) is 3.65. The van der Waals surface area contributed by atoms with Gasteiger partial charge in [0.1, 0.15) is 5.52 Å². The molecule has 0 fully saturated rings. The second-order valence-corrected chi connectivity index (χ2v) is 5.61. The van der Waals surface area contributed by atoms with E-state index in [-0.39, 0.29) is 0 Å². The summed E-state index contributed by atoms with van der Waals surface area (Å²) in [5, 5.41) is 0. The average Bonchev–Trinajstić information content (AvgIpc) is 2.84. The van der Waals surface area contributed by atoms with Gasteiger partial charge < -0.3 is 4.42 Å². The number of hydrogen-bond donors (Lipinski definition) is 0. The van der Waals surface area contributed by atoms with Crippen LogP contribution in [0.15, 0.2) is 45.5 Å². The molecule has 3 rings (SSSR count). The molecule has 0 saturated heterocycles. The predicted octanol–water partition coefficient (Wildman–Crippen LogP) is 4.78. The fourth-order valence-electron chi connectivity index (χ4n) is 1.96. The number of aromatic nitrogens is 2. The Morgan fingerprint density at radius 3 is 2.58 bits per heavy atom. The van der Waals surface area contributed by atoms with Crippen LogP contribution in [0.3, 0.4) is 0 Å². The Hall–Kier alpha value is -1.68. The minimum absolute atomic E-state index is 0.460. The Morgan fingerprint density at radius 2 is 1.89 bits per heavy atom. The zero-order valence-corrected chi connectivity index (χ0v) is 12.3. The summed E-state index contributed by atoms with van der Waals surface area (Å²) in [7, 11) is 0. The number of benzene rings is 1. The molecule has 0 radical (unpaired) electrons. The molecule has 96 valence electrons. The lowest BCUT2D eigenvalue weighted by Gasteiger charge is -2.04. The largest absolute Gasteiger partial charge is 0.435 e. The van der Waals surface area contributed by atoms with Crippen molar-refractivity contribution in [2.24, 2.45) is 0 Å². The van der Waals surface area contributed by atoms with Crippen LogP contribution in [0.1, 0.15) is 25.3 Å². The van der Waals surface area contributed by atoms with E-state index in [0.717, 1.165) is 21.1 Å². The molecule has 0 spiro atoms. The van der Waals surface area contributed by atoms with Gasteiger partial charge in [-0.15, -0.1) is 0 Å². The number of pyridine rings is 1. The van der Waals surface area contributed by atoms with E-state index in [1.807, 2.05) is 12.1 Å². The van der Waals surface area contributed by atoms with Gasteiger partial charge in [0, 0.05) is 18.0 Å². The Bertz CT molecular complexity index is 720. The van der Waals surface area contributed by atoms with Gasteiger partial charge in [-0.1, -0.05) is 13.8 Å². The van der Waals surface area contributed by atoms with Gasteiger partial charge in [0.25, 0.3) is 0 Å². The van der Waals surface area contributed by atoms with Gasteiger partial charge in [-0.3, -0.25) is 4.98 Å². The Labute approximate surface area is 119 Å². The van der Waals surface area contributed by atoms with E-state index >= 15 is 0 Å².